The number of benzene rings is 1. The van der Waals surface area contributed by atoms with Crippen molar-refractivity contribution in [3.05, 3.63) is 24.3 Å². The van der Waals surface area contributed by atoms with Crippen LogP contribution >= 0.6 is 0 Å². The van der Waals surface area contributed by atoms with Gasteiger partial charge in [0, 0.05) is 43.7 Å². The third kappa shape index (κ3) is 6.78. The molecular formula is C21H32N4O4S. The predicted molar refractivity (Wildman–Crippen MR) is 115 cm³/mol. The lowest BCUT2D eigenvalue weighted by molar-refractivity contribution is -0.127. The van der Waals surface area contributed by atoms with Gasteiger partial charge in [-0.3, -0.25) is 9.59 Å². The second-order valence-electron chi connectivity index (χ2n) is 8.33. The van der Waals surface area contributed by atoms with Crippen LogP contribution < -0.4 is 15.8 Å². The fourth-order valence-electron chi connectivity index (χ4n) is 4.20. The predicted octanol–water partition coefficient (Wildman–Crippen LogP) is 1.82. The SMILES string of the molecule is NS(=O)(=O)c1ccc(NC(=O)CCN2CCC(NC(=O)C3CCCCC3)CC2)cc1. The number of carbonyl (C=O) groups is 2. The van der Waals surface area contributed by atoms with Gasteiger partial charge in [-0.05, 0) is 49.9 Å². The summed E-state index contributed by atoms with van der Waals surface area (Å²) >= 11 is 0. The Morgan fingerprint density at radius 3 is 2.23 bits per heavy atom. The van der Waals surface area contributed by atoms with Crippen molar-refractivity contribution in [2.45, 2.75) is 62.3 Å². The van der Waals surface area contributed by atoms with Crippen molar-refractivity contribution < 1.29 is 18.0 Å². The highest BCUT2D eigenvalue weighted by atomic mass is 32.2. The lowest BCUT2D eigenvalue weighted by Gasteiger charge is -2.33. The van der Waals surface area contributed by atoms with Gasteiger partial charge in [0.1, 0.15) is 0 Å². The van der Waals surface area contributed by atoms with Gasteiger partial charge >= 0.3 is 0 Å². The second kappa shape index (κ2) is 10.4. The van der Waals surface area contributed by atoms with E-state index >= 15 is 0 Å². The quantitative estimate of drug-likeness (QED) is 0.602. The number of hydrogen-bond acceptors (Lipinski definition) is 5. The number of nitrogens with one attached hydrogen (secondary N) is 2. The number of carbonyl (C=O) groups excluding carboxylic acids is 2. The van der Waals surface area contributed by atoms with Crippen LogP contribution in [0.5, 0.6) is 0 Å². The summed E-state index contributed by atoms with van der Waals surface area (Å²) in [6, 6.07) is 6.03. The van der Waals surface area contributed by atoms with Crippen molar-refractivity contribution in [2.75, 3.05) is 25.0 Å². The second-order valence-corrected chi connectivity index (χ2v) is 9.89. The first kappa shape index (κ1) is 22.7. The molecule has 0 spiro atoms. The number of primary sulfonamides is 1. The molecule has 0 aromatic heterocycles. The first-order chi connectivity index (χ1) is 14.3. The molecule has 1 aliphatic carbocycles. The smallest absolute Gasteiger partial charge is 0.238 e. The molecule has 1 saturated carbocycles. The summed E-state index contributed by atoms with van der Waals surface area (Å²) in [4.78, 5) is 26.8. The Kier molecular flexibility index (Phi) is 7.85. The molecule has 2 amide bonds. The Morgan fingerprint density at radius 1 is 1.00 bits per heavy atom. The molecule has 1 heterocycles. The van der Waals surface area contributed by atoms with E-state index in [1.807, 2.05) is 0 Å². The Balaban J connectivity index is 1.35. The minimum absolute atomic E-state index is 0.0129. The normalized spacial score (nSPS) is 19.4. The Morgan fingerprint density at radius 2 is 1.63 bits per heavy atom. The topological polar surface area (TPSA) is 122 Å². The highest BCUT2D eigenvalue weighted by Gasteiger charge is 2.25. The minimum atomic E-state index is -3.74. The van der Waals surface area contributed by atoms with E-state index in [1.165, 1.54) is 30.7 Å². The zero-order chi connectivity index (χ0) is 21.6. The molecule has 1 saturated heterocycles. The highest BCUT2D eigenvalue weighted by Crippen LogP contribution is 2.24. The average molecular weight is 437 g/mol. The summed E-state index contributed by atoms with van der Waals surface area (Å²) < 4.78 is 22.5. The van der Waals surface area contributed by atoms with Crippen LogP contribution in [0, 0.1) is 5.92 Å². The van der Waals surface area contributed by atoms with Crippen LogP contribution in [0.1, 0.15) is 51.4 Å². The molecule has 3 rings (SSSR count). The molecule has 30 heavy (non-hydrogen) atoms. The molecule has 166 valence electrons. The molecule has 2 fully saturated rings. The van der Waals surface area contributed by atoms with E-state index < -0.39 is 10.0 Å². The molecule has 9 heteroatoms. The molecule has 1 aromatic rings. The maximum Gasteiger partial charge on any atom is 0.238 e. The number of nitrogens with zero attached hydrogens (tertiary/aromatic N) is 1. The monoisotopic (exact) mass is 436 g/mol. The van der Waals surface area contributed by atoms with Crippen LogP contribution in [-0.2, 0) is 19.6 Å². The number of rotatable bonds is 7. The van der Waals surface area contributed by atoms with Crippen molar-refractivity contribution in [3.63, 3.8) is 0 Å². The van der Waals surface area contributed by atoms with Crippen LogP contribution in [0.25, 0.3) is 0 Å². The Hall–Kier alpha value is -1.97. The summed E-state index contributed by atoms with van der Waals surface area (Å²) in [6.07, 6.45) is 7.79. The van der Waals surface area contributed by atoms with Gasteiger partial charge in [0.25, 0.3) is 0 Å². The first-order valence-electron chi connectivity index (χ1n) is 10.8. The molecule has 2 aliphatic rings. The lowest BCUT2D eigenvalue weighted by atomic mass is 9.88. The van der Waals surface area contributed by atoms with Crippen molar-refractivity contribution in [3.8, 4) is 0 Å². The molecule has 0 unspecified atom stereocenters. The van der Waals surface area contributed by atoms with Gasteiger partial charge < -0.3 is 15.5 Å². The molecule has 8 nitrogen and oxygen atoms in total. The number of nitrogens with two attached hydrogens (primary N) is 1. The fourth-order valence-corrected chi connectivity index (χ4v) is 4.71. The number of likely N-dealkylation sites (tertiary alicyclic amines) is 1. The summed E-state index contributed by atoms with van der Waals surface area (Å²) in [5, 5.41) is 11.1. The molecule has 0 radical (unpaired) electrons. The highest BCUT2D eigenvalue weighted by molar-refractivity contribution is 7.89. The first-order valence-corrected chi connectivity index (χ1v) is 12.3. The molecular weight excluding hydrogens is 404 g/mol. The van der Waals surface area contributed by atoms with Crippen molar-refractivity contribution in [1.29, 1.82) is 0 Å². The van der Waals surface area contributed by atoms with E-state index in [1.54, 1.807) is 0 Å². The largest absolute Gasteiger partial charge is 0.353 e. The van der Waals surface area contributed by atoms with Gasteiger partial charge in [0.15, 0.2) is 0 Å². The maximum atomic E-state index is 12.4. The van der Waals surface area contributed by atoms with Gasteiger partial charge in [-0.25, -0.2) is 13.6 Å². The van der Waals surface area contributed by atoms with Gasteiger partial charge in [-0.1, -0.05) is 19.3 Å². The summed E-state index contributed by atoms with van der Waals surface area (Å²) in [5.41, 5.74) is 0.538. The molecule has 1 aromatic carbocycles. The fraction of sp³-hybridized carbons (Fsp3) is 0.619. The maximum absolute atomic E-state index is 12.4. The van der Waals surface area contributed by atoms with Crippen LogP contribution in [0.2, 0.25) is 0 Å². The standard InChI is InChI=1S/C21H32N4O4S/c22-30(28,29)19-8-6-17(7-9-19)23-20(26)12-15-25-13-10-18(11-14-25)24-21(27)16-4-2-1-3-5-16/h6-9,16,18H,1-5,10-15H2,(H,23,26)(H,24,27)(H2,22,28,29). The number of hydrogen-bond donors (Lipinski definition) is 3. The van der Waals surface area contributed by atoms with Gasteiger partial charge in [0.05, 0.1) is 4.90 Å². The van der Waals surface area contributed by atoms with E-state index in [0.717, 1.165) is 51.6 Å². The minimum Gasteiger partial charge on any atom is -0.353 e. The van der Waals surface area contributed by atoms with E-state index in [4.69, 9.17) is 5.14 Å². The van der Waals surface area contributed by atoms with Crippen molar-refractivity contribution >= 4 is 27.5 Å². The molecule has 1 aliphatic heterocycles. The average Bonchev–Trinajstić information content (AvgIpc) is 2.73. The number of piperidine rings is 1. The lowest BCUT2D eigenvalue weighted by Crippen LogP contribution is -2.47. The summed E-state index contributed by atoms with van der Waals surface area (Å²) in [6.45, 7) is 2.39. The van der Waals surface area contributed by atoms with Crippen molar-refractivity contribution in [1.82, 2.24) is 10.2 Å². The third-order valence-electron chi connectivity index (χ3n) is 6.03. The number of sulfonamides is 1. The molecule has 4 N–H and O–H groups in total. The van der Waals surface area contributed by atoms with Gasteiger partial charge in [-0.2, -0.15) is 0 Å². The Bertz CT molecular complexity index is 827. The summed E-state index contributed by atoms with van der Waals surface area (Å²) in [5.74, 6) is 0.298. The number of amides is 2. The van der Waals surface area contributed by atoms with Crippen LogP contribution in [0.15, 0.2) is 29.2 Å². The Labute approximate surface area is 178 Å². The van der Waals surface area contributed by atoms with Gasteiger partial charge in [0.2, 0.25) is 21.8 Å². The van der Waals surface area contributed by atoms with Crippen molar-refractivity contribution in [2.24, 2.45) is 11.1 Å². The van der Waals surface area contributed by atoms with E-state index in [-0.39, 0.29) is 28.7 Å². The molecule has 0 bridgehead atoms. The zero-order valence-corrected chi connectivity index (χ0v) is 18.1. The van der Waals surface area contributed by atoms with Crippen LogP contribution in [-0.4, -0.2) is 50.8 Å². The van der Waals surface area contributed by atoms with E-state index in [2.05, 4.69) is 15.5 Å². The van der Waals surface area contributed by atoms with Gasteiger partial charge in [-0.15, -0.1) is 0 Å². The van der Waals surface area contributed by atoms with E-state index in [0.29, 0.717) is 18.7 Å². The van der Waals surface area contributed by atoms with Crippen LogP contribution in [0.3, 0.4) is 0 Å². The number of anilines is 1. The molecule has 0 atom stereocenters. The van der Waals surface area contributed by atoms with E-state index in [9.17, 15) is 18.0 Å². The van der Waals surface area contributed by atoms with Crippen LogP contribution in [0.4, 0.5) is 5.69 Å². The zero-order valence-electron chi connectivity index (χ0n) is 17.3. The third-order valence-corrected chi connectivity index (χ3v) is 6.96. The summed E-state index contributed by atoms with van der Waals surface area (Å²) in [7, 11) is -3.74.